The van der Waals surface area contributed by atoms with Gasteiger partial charge in [-0.25, -0.2) is 4.98 Å². The Morgan fingerprint density at radius 2 is 1.91 bits per heavy atom. The van der Waals surface area contributed by atoms with Crippen LogP contribution < -0.4 is 10.1 Å². The zero-order chi connectivity index (χ0) is 22.8. The number of aromatic nitrogens is 4. The summed E-state index contributed by atoms with van der Waals surface area (Å²) in [5.74, 6) is 0.697. The molecule has 2 aromatic heterocycles. The van der Waals surface area contributed by atoms with E-state index in [9.17, 15) is 10.2 Å². The quantitative estimate of drug-likeness (QED) is 0.396. The van der Waals surface area contributed by atoms with Crippen molar-refractivity contribution in [3.05, 3.63) is 72.1 Å². The van der Waals surface area contributed by atoms with Gasteiger partial charge in [-0.1, -0.05) is 48.0 Å². The van der Waals surface area contributed by atoms with Crippen molar-refractivity contribution < 1.29 is 19.7 Å². The maximum atomic E-state index is 10.2. The summed E-state index contributed by atoms with van der Waals surface area (Å²) < 4.78 is 13.6. The van der Waals surface area contributed by atoms with Gasteiger partial charge in [0.05, 0.1) is 19.0 Å². The van der Waals surface area contributed by atoms with E-state index in [1.165, 1.54) is 0 Å². The minimum atomic E-state index is -0.766. The lowest BCUT2D eigenvalue weighted by atomic mass is 10.2. The predicted molar refractivity (Wildman–Crippen MR) is 122 cm³/mol. The number of nitrogens with zero attached hydrogens (tertiary/aromatic N) is 4. The Labute approximate surface area is 190 Å². The molecule has 0 bridgehead atoms. The summed E-state index contributed by atoms with van der Waals surface area (Å²) in [5.41, 5.74) is 4.00. The van der Waals surface area contributed by atoms with Crippen LogP contribution in [0.15, 0.2) is 60.9 Å². The molecule has 0 amide bonds. The van der Waals surface area contributed by atoms with Crippen LogP contribution in [0.1, 0.15) is 23.8 Å². The number of nitrogens with one attached hydrogen (secondary N) is 1. The lowest BCUT2D eigenvalue weighted by molar-refractivity contribution is -0.0432. The SMILES string of the molecule is Cc1ccc(Nc2nc(OCc3ccccc3)c3ncn([C@H]4C[C@H](O)[C@@H](CO)O4)c3n2)cc1. The van der Waals surface area contributed by atoms with E-state index < -0.39 is 18.4 Å². The minimum Gasteiger partial charge on any atom is -0.471 e. The fourth-order valence-electron chi connectivity index (χ4n) is 3.80. The van der Waals surface area contributed by atoms with Gasteiger partial charge in [0.15, 0.2) is 11.2 Å². The summed E-state index contributed by atoms with van der Waals surface area (Å²) in [7, 11) is 0. The second-order valence-corrected chi connectivity index (χ2v) is 8.06. The van der Waals surface area contributed by atoms with E-state index in [2.05, 4.69) is 20.3 Å². The molecule has 0 unspecified atom stereocenters. The molecule has 3 N–H and O–H groups in total. The number of aliphatic hydroxyl groups excluding tert-OH is 2. The number of rotatable bonds is 7. The van der Waals surface area contributed by atoms with Crippen LogP contribution in [0.2, 0.25) is 0 Å². The summed E-state index contributed by atoms with van der Waals surface area (Å²) >= 11 is 0. The summed E-state index contributed by atoms with van der Waals surface area (Å²) in [5, 5.41) is 22.9. The summed E-state index contributed by atoms with van der Waals surface area (Å²) in [4.78, 5) is 13.7. The smallest absolute Gasteiger partial charge is 0.247 e. The third-order valence-electron chi connectivity index (χ3n) is 5.61. The average molecular weight is 447 g/mol. The van der Waals surface area contributed by atoms with Crippen LogP contribution in [0.25, 0.3) is 11.2 Å². The summed E-state index contributed by atoms with van der Waals surface area (Å²) in [6.45, 7) is 2.09. The first-order valence-electron chi connectivity index (χ1n) is 10.8. The fraction of sp³-hybridized carbons (Fsp3) is 0.292. The predicted octanol–water partition coefficient (Wildman–Crippen LogP) is 3.10. The largest absolute Gasteiger partial charge is 0.471 e. The number of hydrogen-bond acceptors (Lipinski definition) is 8. The van der Waals surface area contributed by atoms with Gasteiger partial charge in [0.2, 0.25) is 11.8 Å². The molecule has 1 aliphatic heterocycles. The van der Waals surface area contributed by atoms with E-state index in [1.54, 1.807) is 10.9 Å². The second-order valence-electron chi connectivity index (χ2n) is 8.06. The van der Waals surface area contributed by atoms with E-state index in [0.29, 0.717) is 36.0 Å². The van der Waals surface area contributed by atoms with Gasteiger partial charge in [-0.05, 0) is 24.6 Å². The highest BCUT2D eigenvalue weighted by molar-refractivity contribution is 5.78. The first kappa shape index (κ1) is 21.3. The van der Waals surface area contributed by atoms with E-state index in [4.69, 9.17) is 9.47 Å². The average Bonchev–Trinajstić information content (AvgIpc) is 3.42. The van der Waals surface area contributed by atoms with Crippen LogP contribution in [-0.4, -0.2) is 48.5 Å². The Hall–Kier alpha value is -3.53. The molecule has 0 aliphatic carbocycles. The zero-order valence-corrected chi connectivity index (χ0v) is 18.1. The van der Waals surface area contributed by atoms with Crippen LogP contribution in [0, 0.1) is 6.92 Å². The summed E-state index contributed by atoms with van der Waals surface area (Å²) in [6, 6.07) is 17.7. The topological polar surface area (TPSA) is 115 Å². The molecular formula is C24H25N5O4. The molecule has 1 aliphatic rings. The number of aliphatic hydroxyl groups is 2. The van der Waals surface area contributed by atoms with Crippen molar-refractivity contribution >= 4 is 22.8 Å². The molecule has 9 heteroatoms. The molecule has 2 aromatic carbocycles. The molecule has 9 nitrogen and oxygen atoms in total. The van der Waals surface area contributed by atoms with Crippen molar-refractivity contribution in [1.82, 2.24) is 19.5 Å². The van der Waals surface area contributed by atoms with Crippen molar-refractivity contribution in [2.24, 2.45) is 0 Å². The van der Waals surface area contributed by atoms with Gasteiger partial charge in [-0.15, -0.1) is 0 Å². The molecular weight excluding hydrogens is 422 g/mol. The van der Waals surface area contributed by atoms with Crippen molar-refractivity contribution in [2.45, 2.75) is 38.4 Å². The van der Waals surface area contributed by atoms with Gasteiger partial charge in [-0.3, -0.25) is 4.57 Å². The standard InChI is InChI=1S/C24H25N5O4/c1-15-7-9-17(10-8-15)26-24-27-22-21(23(28-24)32-13-16-5-3-2-4-6-16)25-14-29(22)20-11-18(31)19(12-30)33-20/h2-10,14,18-20,30-31H,11-13H2,1H3,(H,26,27,28)/t18-,19+,20+/m0/s1. The van der Waals surface area contributed by atoms with Crippen LogP contribution in [0.3, 0.4) is 0 Å². The zero-order valence-electron chi connectivity index (χ0n) is 18.1. The molecule has 33 heavy (non-hydrogen) atoms. The van der Waals surface area contributed by atoms with Gasteiger partial charge in [0.25, 0.3) is 0 Å². The monoisotopic (exact) mass is 447 g/mol. The Balaban J connectivity index is 1.51. The van der Waals surface area contributed by atoms with Crippen molar-refractivity contribution in [3.8, 4) is 5.88 Å². The highest BCUT2D eigenvalue weighted by atomic mass is 16.5. The number of benzene rings is 2. The van der Waals surface area contributed by atoms with Crippen molar-refractivity contribution in [3.63, 3.8) is 0 Å². The third kappa shape index (κ3) is 4.51. The summed E-state index contributed by atoms with van der Waals surface area (Å²) in [6.07, 6.45) is 0.00102. The molecule has 0 spiro atoms. The maximum Gasteiger partial charge on any atom is 0.247 e. The lowest BCUT2D eigenvalue weighted by Crippen LogP contribution is -2.24. The maximum absolute atomic E-state index is 10.2. The van der Waals surface area contributed by atoms with E-state index in [0.717, 1.165) is 16.8 Å². The number of anilines is 2. The van der Waals surface area contributed by atoms with Gasteiger partial charge < -0.3 is 25.0 Å². The molecule has 5 rings (SSSR count). The van der Waals surface area contributed by atoms with Gasteiger partial charge in [0, 0.05) is 12.1 Å². The highest BCUT2D eigenvalue weighted by Gasteiger charge is 2.35. The Kier molecular flexibility index (Phi) is 5.91. The van der Waals surface area contributed by atoms with E-state index in [-0.39, 0.29) is 6.61 Å². The first-order chi connectivity index (χ1) is 16.1. The third-order valence-corrected chi connectivity index (χ3v) is 5.61. The van der Waals surface area contributed by atoms with E-state index in [1.807, 2.05) is 61.5 Å². The molecule has 1 saturated heterocycles. The van der Waals surface area contributed by atoms with Crippen LogP contribution >= 0.6 is 0 Å². The first-order valence-corrected chi connectivity index (χ1v) is 10.8. The molecule has 170 valence electrons. The van der Waals surface area contributed by atoms with Gasteiger partial charge >= 0.3 is 0 Å². The van der Waals surface area contributed by atoms with Crippen LogP contribution in [0.4, 0.5) is 11.6 Å². The van der Waals surface area contributed by atoms with Gasteiger partial charge in [-0.2, -0.15) is 9.97 Å². The molecule has 3 heterocycles. The van der Waals surface area contributed by atoms with Crippen LogP contribution in [-0.2, 0) is 11.3 Å². The fourth-order valence-corrected chi connectivity index (χ4v) is 3.80. The highest BCUT2D eigenvalue weighted by Crippen LogP contribution is 2.33. The molecule has 0 radical (unpaired) electrons. The Bertz CT molecular complexity index is 1230. The lowest BCUT2D eigenvalue weighted by Gasteiger charge is -2.15. The molecule has 4 aromatic rings. The van der Waals surface area contributed by atoms with E-state index >= 15 is 0 Å². The number of aryl methyl sites for hydroxylation is 1. The Morgan fingerprint density at radius 1 is 1.12 bits per heavy atom. The number of imidazole rings is 1. The molecule has 0 saturated carbocycles. The normalized spacial score (nSPS) is 20.3. The Morgan fingerprint density at radius 3 is 2.64 bits per heavy atom. The van der Waals surface area contributed by atoms with Crippen molar-refractivity contribution in [2.75, 3.05) is 11.9 Å². The van der Waals surface area contributed by atoms with Crippen molar-refractivity contribution in [1.29, 1.82) is 0 Å². The second kappa shape index (κ2) is 9.14. The molecule has 1 fully saturated rings. The minimum absolute atomic E-state index is 0.259. The van der Waals surface area contributed by atoms with Gasteiger partial charge in [0.1, 0.15) is 18.9 Å². The van der Waals surface area contributed by atoms with Crippen LogP contribution in [0.5, 0.6) is 5.88 Å². The number of ether oxygens (including phenoxy) is 2. The number of fused-ring (bicyclic) bond motifs is 1. The molecule has 3 atom stereocenters. The number of hydrogen-bond donors (Lipinski definition) is 3.